The lowest BCUT2D eigenvalue weighted by molar-refractivity contribution is -0.300. The second-order valence-electron chi connectivity index (χ2n) is 18.3. The van der Waals surface area contributed by atoms with Crippen molar-refractivity contribution in [3.05, 3.63) is 35.9 Å². The van der Waals surface area contributed by atoms with Crippen LogP contribution in [0.3, 0.4) is 0 Å². The second-order valence-corrected chi connectivity index (χ2v) is 18.3. The number of rotatable bonds is 32. The van der Waals surface area contributed by atoms with Crippen LogP contribution in [0.2, 0.25) is 0 Å². The third-order valence-corrected chi connectivity index (χ3v) is 12.5. The molecule has 3 heterocycles. The highest BCUT2D eigenvalue weighted by Gasteiger charge is 2.46. The average molecular weight is 1110 g/mol. The Bertz CT molecular complexity index is 1960. The predicted octanol–water partition coefficient (Wildman–Crippen LogP) is -8.38. The number of unbranched alkanes of at least 4 members (excludes halogenated alkanes) is 1. The van der Waals surface area contributed by atoms with E-state index < -0.39 is 172 Å². The fourth-order valence-corrected chi connectivity index (χ4v) is 8.00. The van der Waals surface area contributed by atoms with Gasteiger partial charge in [0.1, 0.15) is 91.9 Å². The summed E-state index contributed by atoms with van der Waals surface area (Å²) in [6.07, 6.45) is -24.8. The lowest BCUT2D eigenvalue weighted by Gasteiger charge is -2.39. The summed E-state index contributed by atoms with van der Waals surface area (Å²) >= 11 is 0. The summed E-state index contributed by atoms with van der Waals surface area (Å²) in [5, 5.41) is 132. The first-order chi connectivity index (χ1) is 36.8. The molecule has 1 aromatic carbocycles. The molecule has 0 saturated carbocycles. The van der Waals surface area contributed by atoms with Crippen LogP contribution in [-0.4, -0.2) is 260 Å². The van der Waals surface area contributed by atoms with Crippen molar-refractivity contribution in [2.75, 3.05) is 59.3 Å². The molecule has 0 bridgehead atoms. The molecule has 17 N–H and O–H groups in total. The van der Waals surface area contributed by atoms with Crippen molar-refractivity contribution in [3.8, 4) is 0 Å². The smallest absolute Gasteiger partial charge is 0.306 e. The average Bonchev–Trinajstić information content (AvgIpc) is 3.42. The minimum atomic E-state index is -1.74. The summed E-state index contributed by atoms with van der Waals surface area (Å²) in [4.78, 5) is 79.0. The minimum absolute atomic E-state index is 0.000282. The van der Waals surface area contributed by atoms with E-state index in [2.05, 4.69) is 26.6 Å². The van der Waals surface area contributed by atoms with Gasteiger partial charge in [0.2, 0.25) is 29.5 Å². The molecule has 0 aliphatic carbocycles. The lowest BCUT2D eigenvalue weighted by atomic mass is 9.99. The Hall–Kier alpha value is -4.68. The number of aliphatic hydroxyl groups is 12. The molecule has 77 heavy (non-hydrogen) atoms. The van der Waals surface area contributed by atoms with Crippen molar-refractivity contribution in [1.82, 2.24) is 26.6 Å². The molecule has 0 spiro atoms. The molecule has 3 aliphatic heterocycles. The van der Waals surface area contributed by atoms with Crippen LogP contribution in [0.5, 0.6) is 0 Å². The number of aliphatic hydroxyl groups excluding tert-OH is 12. The van der Waals surface area contributed by atoms with Gasteiger partial charge in [-0.25, -0.2) is 0 Å². The van der Waals surface area contributed by atoms with E-state index in [1.54, 1.807) is 24.3 Å². The van der Waals surface area contributed by atoms with Crippen LogP contribution >= 0.6 is 0 Å². The normalized spacial score (nSPS) is 30.1. The van der Waals surface area contributed by atoms with Gasteiger partial charge in [0, 0.05) is 45.3 Å². The van der Waals surface area contributed by atoms with E-state index in [9.17, 15) is 90.0 Å². The second kappa shape index (κ2) is 33.7. The summed E-state index contributed by atoms with van der Waals surface area (Å²) in [5.74, 6) is -4.26. The van der Waals surface area contributed by atoms with Crippen LogP contribution < -0.4 is 26.6 Å². The highest BCUT2D eigenvalue weighted by molar-refractivity contribution is 5.90. The maximum absolute atomic E-state index is 13.5. The van der Waals surface area contributed by atoms with Gasteiger partial charge in [-0.05, 0) is 31.2 Å². The number of esters is 1. The van der Waals surface area contributed by atoms with Crippen LogP contribution in [0.25, 0.3) is 0 Å². The van der Waals surface area contributed by atoms with Crippen LogP contribution in [0, 0.1) is 0 Å². The first-order valence-electron chi connectivity index (χ1n) is 25.2. The standard InChI is InChI=1S/C47H75N5O25/c53-20-27-34(60)37(63)40(66)45(75-27)71-17-14-48-30(56)12-10-25(43(69)49-15-18-72-46-41(67)38(64)35(61)28(21-54)76-46)52-32(58)13-11-26(44(70)50-16-19-73-47-42(68)39(65)36(62)29(22-55)77-47)51-31(57)8-4-5-9-33(59)74-23-24-6-2-1-3-7-24/h1-3,6-7,25-29,34-42,45-47,53-55,60-68H,4-5,8-23H2,(H,48,56)(H,49,69)(H,50,70)(H,51,57)(H,52,58)/t25?,26-,27+,28+,29+,34+,35+,36+,37-,38-,39-,40-,41-,42-,45-,46-,47-/m0/s1. The molecule has 438 valence electrons. The number of nitrogens with one attached hydrogen (secondary N) is 5. The zero-order valence-electron chi connectivity index (χ0n) is 42.1. The Kier molecular flexibility index (Phi) is 28.4. The van der Waals surface area contributed by atoms with Gasteiger partial charge in [0.15, 0.2) is 18.9 Å². The van der Waals surface area contributed by atoms with Gasteiger partial charge in [-0.2, -0.15) is 0 Å². The largest absolute Gasteiger partial charge is 0.461 e. The molecular weight excluding hydrogens is 1030 g/mol. The predicted molar refractivity (Wildman–Crippen MR) is 255 cm³/mol. The number of ether oxygens (including phenoxy) is 7. The molecule has 3 aliphatic rings. The quantitative estimate of drug-likeness (QED) is 0.0235. The van der Waals surface area contributed by atoms with E-state index in [4.69, 9.17) is 33.2 Å². The lowest BCUT2D eigenvalue weighted by Crippen LogP contribution is -2.59. The molecule has 30 heteroatoms. The molecule has 1 unspecified atom stereocenters. The van der Waals surface area contributed by atoms with Gasteiger partial charge in [-0.1, -0.05) is 30.3 Å². The third-order valence-electron chi connectivity index (χ3n) is 12.5. The molecular formula is C47H75N5O25. The van der Waals surface area contributed by atoms with Crippen molar-refractivity contribution < 1.29 is 123 Å². The zero-order valence-corrected chi connectivity index (χ0v) is 42.1. The Morgan fingerprint density at radius 1 is 0.468 bits per heavy atom. The summed E-state index contributed by atoms with van der Waals surface area (Å²) in [6, 6.07) is 6.16. The first kappa shape index (κ1) is 64.8. The van der Waals surface area contributed by atoms with Gasteiger partial charge in [0.05, 0.1) is 39.6 Å². The van der Waals surface area contributed by atoms with Crippen molar-refractivity contribution >= 4 is 35.5 Å². The molecule has 5 amide bonds. The van der Waals surface area contributed by atoms with Crippen molar-refractivity contribution in [2.24, 2.45) is 0 Å². The van der Waals surface area contributed by atoms with Crippen LogP contribution in [0.15, 0.2) is 30.3 Å². The number of carbonyl (C=O) groups excluding carboxylic acids is 6. The van der Waals surface area contributed by atoms with Gasteiger partial charge in [0.25, 0.3) is 0 Å². The Morgan fingerprint density at radius 3 is 1.26 bits per heavy atom. The van der Waals surface area contributed by atoms with E-state index >= 15 is 0 Å². The Labute approximate surface area is 441 Å². The SMILES string of the molecule is O=C(CCC(NC(=O)CC[C@H](NC(=O)CCCCC(=O)OCc1ccccc1)C(=O)NCCO[C@H]1O[C@H](CO)[C@@H](O)[C@H](O)[C@@H]1O)C(=O)NCCO[C@H]1O[C@H](CO)[C@@H](O)[C@H](O)[C@@H]1O)NCCO[C@H]1O[C@H](CO)[C@@H](O)[C@H](O)[C@@H]1O. The van der Waals surface area contributed by atoms with Gasteiger partial charge in [-0.15, -0.1) is 0 Å². The Balaban J connectivity index is 1.35. The first-order valence-corrected chi connectivity index (χ1v) is 25.2. The van der Waals surface area contributed by atoms with E-state index in [1.807, 2.05) is 6.07 Å². The Morgan fingerprint density at radius 2 is 0.844 bits per heavy atom. The van der Waals surface area contributed by atoms with Gasteiger partial charge < -0.3 is 121 Å². The maximum atomic E-state index is 13.5. The van der Waals surface area contributed by atoms with Crippen molar-refractivity contribution in [2.45, 2.75) is 162 Å². The topological polar surface area (TPSA) is 470 Å². The summed E-state index contributed by atoms with van der Waals surface area (Å²) < 4.78 is 37.3. The fourth-order valence-electron chi connectivity index (χ4n) is 8.00. The summed E-state index contributed by atoms with van der Waals surface area (Å²) in [6.45, 7) is -3.84. The van der Waals surface area contributed by atoms with Gasteiger partial charge in [-0.3, -0.25) is 28.8 Å². The monoisotopic (exact) mass is 1110 g/mol. The molecule has 4 rings (SSSR count). The number of hydrogen-bond acceptors (Lipinski definition) is 25. The summed E-state index contributed by atoms with van der Waals surface area (Å²) in [5.41, 5.74) is 0.789. The van der Waals surface area contributed by atoms with E-state index in [-0.39, 0.29) is 84.6 Å². The van der Waals surface area contributed by atoms with Crippen LogP contribution in [-0.2, 0) is 68.5 Å². The number of benzene rings is 1. The van der Waals surface area contributed by atoms with Crippen molar-refractivity contribution in [3.63, 3.8) is 0 Å². The number of carbonyl (C=O) groups is 6. The molecule has 17 atom stereocenters. The fraction of sp³-hybridized carbons (Fsp3) is 0.745. The molecule has 0 aromatic heterocycles. The summed E-state index contributed by atoms with van der Waals surface area (Å²) in [7, 11) is 0. The van der Waals surface area contributed by atoms with Crippen molar-refractivity contribution in [1.29, 1.82) is 0 Å². The molecule has 1 aromatic rings. The number of amides is 5. The van der Waals surface area contributed by atoms with Gasteiger partial charge >= 0.3 is 5.97 Å². The molecule has 3 saturated heterocycles. The molecule has 3 fully saturated rings. The maximum Gasteiger partial charge on any atom is 0.306 e. The molecule has 30 nitrogen and oxygen atoms in total. The molecule has 0 radical (unpaired) electrons. The third kappa shape index (κ3) is 20.8. The highest BCUT2D eigenvalue weighted by atomic mass is 16.7. The van der Waals surface area contributed by atoms with Crippen LogP contribution in [0.1, 0.15) is 56.9 Å². The highest BCUT2D eigenvalue weighted by Crippen LogP contribution is 2.24. The zero-order chi connectivity index (χ0) is 56.6. The van der Waals surface area contributed by atoms with Crippen LogP contribution in [0.4, 0.5) is 0 Å². The van der Waals surface area contributed by atoms with E-state index in [0.29, 0.717) is 0 Å². The minimum Gasteiger partial charge on any atom is -0.461 e. The number of hydrogen-bond donors (Lipinski definition) is 17. The van der Waals surface area contributed by atoms with E-state index in [0.717, 1.165) is 5.56 Å². The van der Waals surface area contributed by atoms with E-state index in [1.165, 1.54) is 0 Å².